The zero-order valence-corrected chi connectivity index (χ0v) is 17.8. The largest absolute Gasteiger partial charge is 0.417 e. The number of likely N-dealkylation sites (tertiary alicyclic amines) is 1. The summed E-state index contributed by atoms with van der Waals surface area (Å²) in [6.45, 7) is 2.24. The number of aryl methyl sites for hydroxylation is 1. The SMILES string of the molecule is Cc1ccc(NC(=O)c2nnc([C@H]3CCCN3C(=O)c3ccccc3C(F)(F)F)s2)cc1. The zero-order valence-electron chi connectivity index (χ0n) is 17.0. The summed E-state index contributed by atoms with van der Waals surface area (Å²) in [5.74, 6) is -1.14. The number of nitrogens with one attached hydrogen (secondary N) is 1. The van der Waals surface area contributed by atoms with Crippen LogP contribution in [0.5, 0.6) is 0 Å². The second-order valence-corrected chi connectivity index (χ2v) is 8.47. The fourth-order valence-electron chi connectivity index (χ4n) is 3.62. The molecule has 1 aliphatic heterocycles. The van der Waals surface area contributed by atoms with Gasteiger partial charge in [0.1, 0.15) is 5.01 Å². The predicted molar refractivity (Wildman–Crippen MR) is 113 cm³/mol. The zero-order chi connectivity index (χ0) is 22.9. The van der Waals surface area contributed by atoms with E-state index in [0.29, 0.717) is 30.1 Å². The quantitative estimate of drug-likeness (QED) is 0.588. The Morgan fingerprint density at radius 3 is 2.53 bits per heavy atom. The summed E-state index contributed by atoms with van der Waals surface area (Å²) in [7, 11) is 0. The molecular formula is C22H19F3N4O2S. The van der Waals surface area contributed by atoms with E-state index in [2.05, 4.69) is 15.5 Å². The summed E-state index contributed by atoms with van der Waals surface area (Å²) >= 11 is 1.04. The van der Waals surface area contributed by atoms with Crippen LogP contribution in [0.25, 0.3) is 0 Å². The van der Waals surface area contributed by atoms with Crippen molar-refractivity contribution in [3.63, 3.8) is 0 Å². The molecule has 3 aromatic rings. The monoisotopic (exact) mass is 460 g/mol. The Morgan fingerprint density at radius 1 is 1.09 bits per heavy atom. The third-order valence-electron chi connectivity index (χ3n) is 5.21. The van der Waals surface area contributed by atoms with Crippen LogP contribution in [0.15, 0.2) is 48.5 Å². The lowest BCUT2D eigenvalue weighted by atomic mass is 10.1. The fraction of sp³-hybridized carbons (Fsp3) is 0.273. The standard InChI is InChI=1S/C22H19F3N4O2S/c1-13-8-10-14(11-9-13)26-18(30)20-28-27-19(32-20)17-7-4-12-29(17)21(31)15-5-2-3-6-16(15)22(23,24)25/h2-3,5-6,8-11,17H,4,7,12H2,1H3,(H,26,30)/t17-/m1/s1. The third-order valence-corrected chi connectivity index (χ3v) is 6.23. The van der Waals surface area contributed by atoms with E-state index in [1.54, 1.807) is 12.1 Å². The molecule has 0 radical (unpaired) electrons. The topological polar surface area (TPSA) is 75.2 Å². The highest BCUT2D eigenvalue weighted by atomic mass is 32.1. The molecule has 166 valence electrons. The first-order valence-corrected chi connectivity index (χ1v) is 10.7. The van der Waals surface area contributed by atoms with Crippen molar-refractivity contribution in [1.29, 1.82) is 0 Å². The molecule has 0 spiro atoms. The van der Waals surface area contributed by atoms with Gasteiger partial charge in [0.15, 0.2) is 0 Å². The molecular weight excluding hydrogens is 441 g/mol. The Morgan fingerprint density at radius 2 is 1.81 bits per heavy atom. The van der Waals surface area contributed by atoms with E-state index in [4.69, 9.17) is 0 Å². The fourth-order valence-corrected chi connectivity index (χ4v) is 4.51. The van der Waals surface area contributed by atoms with Crippen LogP contribution in [0.1, 0.15) is 55.2 Å². The lowest BCUT2D eigenvalue weighted by Gasteiger charge is -2.24. The first kappa shape index (κ1) is 21.9. The van der Waals surface area contributed by atoms with Crippen LogP contribution >= 0.6 is 11.3 Å². The van der Waals surface area contributed by atoms with Gasteiger partial charge in [0, 0.05) is 12.2 Å². The molecule has 2 amide bonds. The van der Waals surface area contributed by atoms with Gasteiger partial charge in [-0.1, -0.05) is 41.2 Å². The minimum atomic E-state index is -4.63. The Kier molecular flexibility index (Phi) is 5.96. The molecule has 1 aromatic heterocycles. The Labute approximate surface area is 186 Å². The number of amides is 2. The number of anilines is 1. The van der Waals surface area contributed by atoms with Crippen molar-refractivity contribution in [1.82, 2.24) is 15.1 Å². The van der Waals surface area contributed by atoms with E-state index < -0.39 is 35.2 Å². The van der Waals surface area contributed by atoms with Gasteiger partial charge in [0.2, 0.25) is 5.01 Å². The van der Waals surface area contributed by atoms with Crippen molar-refractivity contribution in [2.75, 3.05) is 11.9 Å². The molecule has 10 heteroatoms. The summed E-state index contributed by atoms with van der Waals surface area (Å²) in [5.41, 5.74) is 0.304. The number of nitrogens with zero attached hydrogens (tertiary/aromatic N) is 3. The minimum absolute atomic E-state index is 0.121. The molecule has 0 bridgehead atoms. The van der Waals surface area contributed by atoms with Gasteiger partial charge < -0.3 is 10.2 Å². The first-order chi connectivity index (χ1) is 15.2. The highest BCUT2D eigenvalue weighted by Crippen LogP contribution is 2.37. The Bertz CT molecular complexity index is 1140. The molecule has 1 N–H and O–H groups in total. The molecule has 1 aliphatic rings. The molecule has 1 fully saturated rings. The second-order valence-electron chi connectivity index (χ2n) is 7.47. The van der Waals surface area contributed by atoms with Crippen LogP contribution in [-0.2, 0) is 6.18 Å². The van der Waals surface area contributed by atoms with E-state index >= 15 is 0 Å². The molecule has 6 nitrogen and oxygen atoms in total. The normalized spacial score (nSPS) is 16.2. The maximum atomic E-state index is 13.4. The van der Waals surface area contributed by atoms with Crippen molar-refractivity contribution in [3.05, 3.63) is 75.2 Å². The number of carbonyl (C=O) groups excluding carboxylic acids is 2. The smallest absolute Gasteiger partial charge is 0.329 e. The number of halogens is 3. The van der Waals surface area contributed by atoms with Gasteiger partial charge in [-0.3, -0.25) is 9.59 Å². The average molecular weight is 460 g/mol. The number of hydrogen-bond donors (Lipinski definition) is 1. The molecule has 2 aromatic carbocycles. The molecule has 0 saturated carbocycles. The maximum absolute atomic E-state index is 13.4. The molecule has 2 heterocycles. The van der Waals surface area contributed by atoms with Crippen molar-refractivity contribution < 1.29 is 22.8 Å². The van der Waals surface area contributed by atoms with Crippen molar-refractivity contribution >= 4 is 28.8 Å². The lowest BCUT2D eigenvalue weighted by molar-refractivity contribution is -0.138. The van der Waals surface area contributed by atoms with E-state index in [1.807, 2.05) is 19.1 Å². The van der Waals surface area contributed by atoms with E-state index in [-0.39, 0.29) is 5.01 Å². The second kappa shape index (κ2) is 8.70. The number of alkyl halides is 3. The number of benzene rings is 2. The summed E-state index contributed by atoms with van der Waals surface area (Å²) in [5, 5.41) is 11.3. The third kappa shape index (κ3) is 4.50. The van der Waals surface area contributed by atoms with Gasteiger partial charge in [-0.2, -0.15) is 13.2 Å². The molecule has 0 unspecified atom stereocenters. The van der Waals surface area contributed by atoms with Crippen LogP contribution in [0.3, 0.4) is 0 Å². The summed E-state index contributed by atoms with van der Waals surface area (Å²) < 4.78 is 40.1. The van der Waals surface area contributed by atoms with Gasteiger partial charge >= 0.3 is 6.18 Å². The van der Waals surface area contributed by atoms with Crippen LogP contribution in [-0.4, -0.2) is 33.5 Å². The number of rotatable bonds is 4. The Balaban J connectivity index is 1.53. The van der Waals surface area contributed by atoms with E-state index in [0.717, 1.165) is 23.0 Å². The van der Waals surface area contributed by atoms with Crippen LogP contribution in [0.2, 0.25) is 0 Å². The number of carbonyl (C=O) groups is 2. The van der Waals surface area contributed by atoms with Crippen molar-refractivity contribution in [3.8, 4) is 0 Å². The summed E-state index contributed by atoms with van der Waals surface area (Å²) in [6.07, 6.45) is -3.48. The van der Waals surface area contributed by atoms with Crippen molar-refractivity contribution in [2.45, 2.75) is 32.0 Å². The highest BCUT2D eigenvalue weighted by Gasteiger charge is 2.39. The van der Waals surface area contributed by atoms with Crippen molar-refractivity contribution in [2.24, 2.45) is 0 Å². The molecule has 4 rings (SSSR count). The Hall–Kier alpha value is -3.27. The summed E-state index contributed by atoms with van der Waals surface area (Å²) in [4.78, 5) is 26.9. The van der Waals surface area contributed by atoms with E-state index in [9.17, 15) is 22.8 Å². The van der Waals surface area contributed by atoms with Crippen LogP contribution in [0.4, 0.5) is 18.9 Å². The minimum Gasteiger partial charge on any atom is -0.329 e. The summed E-state index contributed by atoms with van der Waals surface area (Å²) in [6, 6.07) is 11.5. The molecule has 32 heavy (non-hydrogen) atoms. The molecule has 1 atom stereocenters. The molecule has 0 aliphatic carbocycles. The van der Waals surface area contributed by atoms with Gasteiger partial charge in [-0.05, 0) is 44.0 Å². The number of hydrogen-bond acceptors (Lipinski definition) is 5. The van der Waals surface area contributed by atoms with Crippen LogP contribution in [0, 0.1) is 6.92 Å². The van der Waals surface area contributed by atoms with Gasteiger partial charge in [-0.25, -0.2) is 0 Å². The number of aromatic nitrogens is 2. The van der Waals surface area contributed by atoms with E-state index in [1.165, 1.54) is 23.1 Å². The maximum Gasteiger partial charge on any atom is 0.417 e. The first-order valence-electron chi connectivity index (χ1n) is 9.92. The van der Waals surface area contributed by atoms with Gasteiger partial charge in [0.05, 0.1) is 17.2 Å². The molecule has 1 saturated heterocycles. The lowest BCUT2D eigenvalue weighted by Crippen LogP contribution is -2.32. The van der Waals surface area contributed by atoms with Gasteiger partial charge in [-0.15, -0.1) is 10.2 Å². The highest BCUT2D eigenvalue weighted by molar-refractivity contribution is 7.13. The average Bonchev–Trinajstić information content (AvgIpc) is 3.44. The predicted octanol–water partition coefficient (Wildman–Crippen LogP) is 5.09. The van der Waals surface area contributed by atoms with Crippen LogP contribution < -0.4 is 5.32 Å². The van der Waals surface area contributed by atoms with Gasteiger partial charge in [0.25, 0.3) is 11.8 Å².